The van der Waals surface area contributed by atoms with Gasteiger partial charge in [0.1, 0.15) is 11.7 Å². The summed E-state index contributed by atoms with van der Waals surface area (Å²) in [6.45, 7) is 2.30. The molecule has 0 radical (unpaired) electrons. The monoisotopic (exact) mass is 409 g/mol. The van der Waals surface area contributed by atoms with Crippen LogP contribution in [0.4, 0.5) is 10.1 Å². The van der Waals surface area contributed by atoms with Crippen molar-refractivity contribution in [3.05, 3.63) is 65.0 Å². The van der Waals surface area contributed by atoms with Gasteiger partial charge in [-0.3, -0.25) is 9.79 Å². The number of carbonyl (C=O) groups excluding carboxylic acids is 1. The predicted octanol–water partition coefficient (Wildman–Crippen LogP) is 4.82. The molecular weight excluding hydrogens is 377 g/mol. The van der Waals surface area contributed by atoms with E-state index < -0.39 is 0 Å². The maximum absolute atomic E-state index is 14.2. The van der Waals surface area contributed by atoms with Crippen LogP contribution >= 0.6 is 0 Å². The number of halogens is 1. The number of amidine groups is 1. The molecule has 4 nitrogen and oxygen atoms in total. The van der Waals surface area contributed by atoms with Gasteiger partial charge in [-0.25, -0.2) is 4.39 Å². The van der Waals surface area contributed by atoms with E-state index in [1.54, 1.807) is 24.1 Å². The second-order valence-corrected chi connectivity index (χ2v) is 8.30. The average molecular weight is 410 g/mol. The molecule has 0 aromatic heterocycles. The zero-order chi connectivity index (χ0) is 21.7. The molecule has 2 aromatic rings. The number of aliphatic imine (C=N–C) groups is 1. The average Bonchev–Trinajstić information content (AvgIpc) is 2.74. The molecule has 0 fully saturated rings. The van der Waals surface area contributed by atoms with Gasteiger partial charge in [0.05, 0.1) is 6.54 Å². The van der Waals surface area contributed by atoms with Crippen molar-refractivity contribution in [3.8, 4) is 0 Å². The topological polar surface area (TPSA) is 35.9 Å². The van der Waals surface area contributed by atoms with Crippen LogP contribution in [0, 0.1) is 5.82 Å². The highest BCUT2D eigenvalue weighted by Gasteiger charge is 2.24. The molecule has 0 saturated carbocycles. The molecule has 1 atom stereocenters. The highest BCUT2D eigenvalue weighted by atomic mass is 19.1. The lowest BCUT2D eigenvalue weighted by atomic mass is 9.91. The van der Waals surface area contributed by atoms with Crippen molar-refractivity contribution < 1.29 is 9.18 Å². The van der Waals surface area contributed by atoms with Crippen molar-refractivity contribution in [2.75, 3.05) is 32.6 Å². The van der Waals surface area contributed by atoms with Gasteiger partial charge in [0.15, 0.2) is 0 Å². The molecule has 1 aliphatic rings. The normalized spacial score (nSPS) is 14.8. The summed E-state index contributed by atoms with van der Waals surface area (Å²) in [6.07, 6.45) is 4.81. The third kappa shape index (κ3) is 5.07. The van der Waals surface area contributed by atoms with Crippen molar-refractivity contribution in [1.82, 2.24) is 4.90 Å². The summed E-state index contributed by atoms with van der Waals surface area (Å²) in [5.41, 5.74) is 4.19. The van der Waals surface area contributed by atoms with Gasteiger partial charge in [0.2, 0.25) is 5.91 Å². The zero-order valence-corrected chi connectivity index (χ0v) is 18.5. The quantitative estimate of drug-likeness (QED) is 0.506. The molecule has 5 heteroatoms. The first kappa shape index (κ1) is 22.0. The van der Waals surface area contributed by atoms with E-state index in [0.717, 1.165) is 24.4 Å². The molecule has 0 spiro atoms. The Morgan fingerprint density at radius 2 is 1.80 bits per heavy atom. The van der Waals surface area contributed by atoms with Crippen molar-refractivity contribution in [2.24, 2.45) is 4.99 Å². The van der Waals surface area contributed by atoms with E-state index in [1.807, 2.05) is 38.1 Å². The Morgan fingerprint density at radius 3 is 2.47 bits per heavy atom. The second kappa shape index (κ2) is 9.88. The van der Waals surface area contributed by atoms with E-state index in [1.165, 1.54) is 30.0 Å². The third-order valence-electron chi connectivity index (χ3n) is 5.94. The molecule has 30 heavy (non-hydrogen) atoms. The molecule has 0 bridgehead atoms. The Balaban J connectivity index is 1.89. The molecule has 2 aromatic carbocycles. The van der Waals surface area contributed by atoms with Gasteiger partial charge in [-0.1, -0.05) is 31.2 Å². The van der Waals surface area contributed by atoms with Crippen molar-refractivity contribution in [1.29, 1.82) is 0 Å². The first-order valence-electron chi connectivity index (χ1n) is 10.7. The Kier molecular flexibility index (Phi) is 7.24. The van der Waals surface area contributed by atoms with Crippen molar-refractivity contribution >= 4 is 17.4 Å². The number of benzene rings is 2. The number of rotatable bonds is 6. The number of nitrogens with zero attached hydrogens (tertiary/aromatic N) is 3. The summed E-state index contributed by atoms with van der Waals surface area (Å²) in [5, 5.41) is 0. The fourth-order valence-corrected chi connectivity index (χ4v) is 4.12. The summed E-state index contributed by atoms with van der Waals surface area (Å²) < 4.78 is 14.2. The van der Waals surface area contributed by atoms with E-state index in [0.29, 0.717) is 12.1 Å². The highest BCUT2D eigenvalue weighted by Crippen LogP contribution is 2.28. The molecule has 0 saturated heterocycles. The summed E-state index contributed by atoms with van der Waals surface area (Å²) in [6, 6.07) is 13.0. The largest absolute Gasteiger partial charge is 0.365 e. The Bertz CT molecular complexity index is 922. The minimum Gasteiger partial charge on any atom is -0.365 e. The molecule has 1 aliphatic carbocycles. The van der Waals surface area contributed by atoms with Crippen LogP contribution in [0.25, 0.3) is 0 Å². The van der Waals surface area contributed by atoms with Crippen LogP contribution in [-0.4, -0.2) is 44.3 Å². The molecule has 0 heterocycles. The predicted molar refractivity (Wildman–Crippen MR) is 122 cm³/mol. The van der Waals surface area contributed by atoms with E-state index in [2.05, 4.69) is 17.1 Å². The molecule has 0 aliphatic heterocycles. The van der Waals surface area contributed by atoms with Gasteiger partial charge in [0, 0.05) is 33.3 Å². The fourth-order valence-electron chi connectivity index (χ4n) is 4.12. The maximum Gasteiger partial charge on any atom is 0.228 e. The molecule has 160 valence electrons. The van der Waals surface area contributed by atoms with Crippen molar-refractivity contribution in [3.63, 3.8) is 0 Å². The smallest absolute Gasteiger partial charge is 0.228 e. The number of hydrogen-bond donors (Lipinski definition) is 0. The van der Waals surface area contributed by atoms with Gasteiger partial charge in [0.25, 0.3) is 0 Å². The first-order valence-corrected chi connectivity index (χ1v) is 10.7. The maximum atomic E-state index is 14.2. The van der Waals surface area contributed by atoms with Gasteiger partial charge in [-0.2, -0.15) is 0 Å². The molecular formula is C25H32FN3O. The van der Waals surface area contributed by atoms with Crippen LogP contribution in [0.5, 0.6) is 0 Å². The van der Waals surface area contributed by atoms with E-state index in [4.69, 9.17) is 0 Å². The van der Waals surface area contributed by atoms with Crippen molar-refractivity contribution in [2.45, 2.75) is 44.9 Å². The molecule has 3 rings (SSSR count). The third-order valence-corrected chi connectivity index (χ3v) is 5.94. The van der Waals surface area contributed by atoms with Crippen LogP contribution in [-0.2, 0) is 17.6 Å². The van der Waals surface area contributed by atoms with Gasteiger partial charge in [-0.05, 0) is 66.5 Å². The standard InChI is InChI=1S/C25H32FN3O/c1-18(22-11-7-8-12-23(22)26)15-25(30)29(17-24(27-2)28(3)4)21-14-13-19-9-5-6-10-20(19)16-21/h7-8,11-14,16,18H,5-6,9-10,15,17H2,1-4H3. The number of fused-ring (bicyclic) bond motifs is 1. The van der Waals surface area contributed by atoms with Gasteiger partial charge < -0.3 is 9.80 Å². The van der Waals surface area contributed by atoms with Crippen LogP contribution in [0.15, 0.2) is 47.5 Å². The minimum absolute atomic E-state index is 0.0236. The van der Waals surface area contributed by atoms with Crippen LogP contribution in [0.1, 0.15) is 48.8 Å². The number of anilines is 1. The summed E-state index contributed by atoms with van der Waals surface area (Å²) in [4.78, 5) is 21.5. The second-order valence-electron chi connectivity index (χ2n) is 8.30. The summed E-state index contributed by atoms with van der Waals surface area (Å²) in [5.74, 6) is 0.326. The lowest BCUT2D eigenvalue weighted by molar-refractivity contribution is -0.118. The fraction of sp³-hybridized carbons (Fsp3) is 0.440. The Morgan fingerprint density at radius 1 is 1.10 bits per heavy atom. The number of likely N-dealkylation sites (N-methyl/N-ethyl adjacent to an activating group) is 1. The number of hydrogen-bond acceptors (Lipinski definition) is 2. The minimum atomic E-state index is -0.262. The van der Waals surface area contributed by atoms with Crippen LogP contribution in [0.3, 0.4) is 0 Å². The zero-order valence-electron chi connectivity index (χ0n) is 18.5. The van der Waals surface area contributed by atoms with Gasteiger partial charge in [-0.15, -0.1) is 0 Å². The Hall–Kier alpha value is -2.69. The lowest BCUT2D eigenvalue weighted by Gasteiger charge is -2.29. The summed E-state index contributed by atoms with van der Waals surface area (Å²) >= 11 is 0. The van der Waals surface area contributed by atoms with Crippen LogP contribution in [0.2, 0.25) is 0 Å². The molecule has 0 N–H and O–H groups in total. The Labute approximate surface area is 179 Å². The van der Waals surface area contributed by atoms with E-state index >= 15 is 0 Å². The van der Waals surface area contributed by atoms with Crippen LogP contribution < -0.4 is 4.90 Å². The molecule has 1 amide bonds. The molecule has 1 unspecified atom stereocenters. The number of carbonyl (C=O) groups is 1. The SMILES string of the molecule is CN=C(CN(C(=O)CC(C)c1ccccc1F)c1ccc2c(c1)CCCC2)N(C)C. The van der Waals surface area contributed by atoms with Gasteiger partial charge >= 0.3 is 0 Å². The van der Waals surface area contributed by atoms with E-state index in [9.17, 15) is 9.18 Å². The van der Waals surface area contributed by atoms with E-state index in [-0.39, 0.29) is 24.1 Å². The lowest BCUT2D eigenvalue weighted by Crippen LogP contribution is -2.41. The highest BCUT2D eigenvalue weighted by molar-refractivity contribution is 6.00. The number of aryl methyl sites for hydroxylation is 2. The summed E-state index contributed by atoms with van der Waals surface area (Å²) in [7, 11) is 5.60. The first-order chi connectivity index (χ1) is 14.4. The number of amides is 1.